The molecule has 5 heteroatoms. The van der Waals surface area contributed by atoms with Crippen LogP contribution in [0.15, 0.2) is 4.52 Å². The first-order chi connectivity index (χ1) is 8.24. The third-order valence-electron chi connectivity index (χ3n) is 2.51. The van der Waals surface area contributed by atoms with Crippen molar-refractivity contribution in [3.8, 4) is 0 Å². The quantitative estimate of drug-likeness (QED) is 0.845. The second kappa shape index (κ2) is 5.80. The van der Waals surface area contributed by atoms with Crippen LogP contribution in [0.4, 0.5) is 0 Å². The van der Waals surface area contributed by atoms with Gasteiger partial charge < -0.3 is 14.6 Å². The zero-order valence-corrected chi connectivity index (χ0v) is 12.3. The lowest BCUT2D eigenvalue weighted by atomic mass is 10.1. The monoisotopic (exact) mass is 255 g/mol. The van der Waals surface area contributed by atoms with E-state index < -0.39 is 5.60 Å². The van der Waals surface area contributed by atoms with Gasteiger partial charge in [0.05, 0.1) is 0 Å². The Morgan fingerprint density at radius 3 is 2.44 bits per heavy atom. The van der Waals surface area contributed by atoms with Crippen molar-refractivity contribution in [2.75, 3.05) is 13.2 Å². The molecule has 1 N–H and O–H groups in total. The van der Waals surface area contributed by atoms with Gasteiger partial charge in [0, 0.05) is 25.1 Å². The topological polar surface area (TPSA) is 60.2 Å². The highest BCUT2D eigenvalue weighted by molar-refractivity contribution is 4.97. The van der Waals surface area contributed by atoms with E-state index >= 15 is 0 Å². The molecule has 0 atom stereocenters. The highest BCUT2D eigenvalue weighted by Crippen LogP contribution is 2.21. The van der Waals surface area contributed by atoms with Gasteiger partial charge in [0.2, 0.25) is 11.7 Å². The molecule has 0 fully saturated rings. The van der Waals surface area contributed by atoms with E-state index in [9.17, 15) is 0 Å². The Morgan fingerprint density at radius 1 is 1.22 bits per heavy atom. The molecular formula is C13H25N3O2. The van der Waals surface area contributed by atoms with Gasteiger partial charge in [0.25, 0.3) is 0 Å². The SMILES string of the molecule is CCOC(C)(C)c1noc(CCNC(C)(C)C)n1. The number of rotatable bonds is 6. The minimum Gasteiger partial charge on any atom is -0.368 e. The highest BCUT2D eigenvalue weighted by Gasteiger charge is 2.27. The summed E-state index contributed by atoms with van der Waals surface area (Å²) in [5.74, 6) is 1.25. The zero-order valence-electron chi connectivity index (χ0n) is 12.3. The van der Waals surface area contributed by atoms with Crippen LogP contribution >= 0.6 is 0 Å². The van der Waals surface area contributed by atoms with Crippen molar-refractivity contribution in [1.82, 2.24) is 15.5 Å². The molecule has 0 aliphatic heterocycles. The minimum absolute atomic E-state index is 0.105. The molecule has 1 rings (SSSR count). The molecule has 0 radical (unpaired) electrons. The molecule has 0 bridgehead atoms. The fraction of sp³-hybridized carbons (Fsp3) is 0.846. The standard InChI is InChI=1S/C13H25N3O2/c1-7-17-13(5,6)11-15-10(18-16-11)8-9-14-12(2,3)4/h14H,7-9H2,1-6H3. The first kappa shape index (κ1) is 15.1. The Morgan fingerprint density at radius 2 is 1.89 bits per heavy atom. The van der Waals surface area contributed by atoms with E-state index in [2.05, 4.69) is 36.2 Å². The second-order valence-corrected chi connectivity index (χ2v) is 5.88. The van der Waals surface area contributed by atoms with E-state index in [0.29, 0.717) is 18.3 Å². The summed E-state index contributed by atoms with van der Waals surface area (Å²) in [6.45, 7) is 13.7. The van der Waals surface area contributed by atoms with Crippen molar-refractivity contribution < 1.29 is 9.26 Å². The van der Waals surface area contributed by atoms with Crippen LogP contribution in [0.2, 0.25) is 0 Å². The Balaban J connectivity index is 2.53. The molecule has 1 aromatic heterocycles. The predicted octanol–water partition coefficient (Wildman–Crippen LogP) is 2.27. The molecule has 0 saturated carbocycles. The summed E-state index contributed by atoms with van der Waals surface area (Å²) in [5.41, 5.74) is -0.388. The normalized spacial score (nSPS) is 13.0. The first-order valence-corrected chi connectivity index (χ1v) is 6.46. The average Bonchev–Trinajstić information content (AvgIpc) is 2.65. The summed E-state index contributed by atoms with van der Waals surface area (Å²) in [6.07, 6.45) is 0.729. The summed E-state index contributed by atoms with van der Waals surface area (Å²) in [6, 6.07) is 0. The van der Waals surface area contributed by atoms with Gasteiger partial charge >= 0.3 is 0 Å². The van der Waals surface area contributed by atoms with Crippen molar-refractivity contribution in [2.24, 2.45) is 0 Å². The minimum atomic E-state index is -0.492. The molecule has 0 aliphatic carbocycles. The van der Waals surface area contributed by atoms with E-state index in [1.54, 1.807) is 0 Å². The van der Waals surface area contributed by atoms with Gasteiger partial charge in [0.1, 0.15) is 5.60 Å². The highest BCUT2D eigenvalue weighted by atomic mass is 16.5. The number of nitrogens with zero attached hydrogens (tertiary/aromatic N) is 2. The van der Waals surface area contributed by atoms with Gasteiger partial charge in [-0.1, -0.05) is 5.16 Å². The maximum absolute atomic E-state index is 5.59. The van der Waals surface area contributed by atoms with Gasteiger partial charge in [-0.3, -0.25) is 0 Å². The maximum Gasteiger partial charge on any atom is 0.228 e. The molecule has 0 unspecified atom stereocenters. The van der Waals surface area contributed by atoms with E-state index in [0.717, 1.165) is 13.0 Å². The van der Waals surface area contributed by atoms with Crippen LogP contribution in [0.25, 0.3) is 0 Å². The predicted molar refractivity (Wildman–Crippen MR) is 70.4 cm³/mol. The molecule has 1 heterocycles. The lowest BCUT2D eigenvalue weighted by Crippen LogP contribution is -2.37. The average molecular weight is 255 g/mol. The molecule has 0 saturated heterocycles. The van der Waals surface area contributed by atoms with Crippen LogP contribution in [0.1, 0.15) is 53.3 Å². The van der Waals surface area contributed by atoms with E-state index in [4.69, 9.17) is 9.26 Å². The zero-order chi connectivity index (χ0) is 13.8. The lowest BCUT2D eigenvalue weighted by molar-refractivity contribution is -0.0221. The number of nitrogens with one attached hydrogen (secondary N) is 1. The smallest absolute Gasteiger partial charge is 0.228 e. The Labute approximate surface area is 109 Å². The van der Waals surface area contributed by atoms with E-state index in [-0.39, 0.29) is 5.54 Å². The number of hydrogen-bond donors (Lipinski definition) is 1. The molecule has 5 nitrogen and oxygen atoms in total. The van der Waals surface area contributed by atoms with Gasteiger partial charge in [-0.2, -0.15) is 4.98 Å². The molecule has 0 aliphatic rings. The van der Waals surface area contributed by atoms with E-state index in [1.807, 2.05) is 20.8 Å². The number of ether oxygens (including phenoxy) is 1. The second-order valence-electron chi connectivity index (χ2n) is 5.88. The summed E-state index contributed by atoms with van der Waals surface area (Å²) in [7, 11) is 0. The third kappa shape index (κ3) is 4.74. The fourth-order valence-corrected chi connectivity index (χ4v) is 1.57. The Kier molecular flexibility index (Phi) is 4.87. The van der Waals surface area contributed by atoms with Gasteiger partial charge in [-0.25, -0.2) is 0 Å². The third-order valence-corrected chi connectivity index (χ3v) is 2.51. The van der Waals surface area contributed by atoms with Crippen LogP contribution in [0.5, 0.6) is 0 Å². The molecule has 104 valence electrons. The fourth-order valence-electron chi connectivity index (χ4n) is 1.57. The molecule has 1 aromatic rings. The van der Waals surface area contributed by atoms with Gasteiger partial charge in [0.15, 0.2) is 0 Å². The Bertz CT molecular complexity index is 367. The van der Waals surface area contributed by atoms with Crippen molar-refractivity contribution in [1.29, 1.82) is 0 Å². The largest absolute Gasteiger partial charge is 0.368 e. The summed E-state index contributed by atoms with van der Waals surface area (Å²) in [5, 5.41) is 7.37. The van der Waals surface area contributed by atoms with Crippen molar-refractivity contribution in [3.63, 3.8) is 0 Å². The van der Waals surface area contributed by atoms with Crippen molar-refractivity contribution in [2.45, 2.75) is 59.1 Å². The van der Waals surface area contributed by atoms with Crippen LogP contribution in [0.3, 0.4) is 0 Å². The molecule has 0 amide bonds. The van der Waals surface area contributed by atoms with E-state index in [1.165, 1.54) is 0 Å². The van der Waals surface area contributed by atoms with Crippen LogP contribution in [0, 0.1) is 0 Å². The number of aromatic nitrogens is 2. The summed E-state index contributed by atoms with van der Waals surface area (Å²) >= 11 is 0. The van der Waals surface area contributed by atoms with Crippen molar-refractivity contribution in [3.05, 3.63) is 11.7 Å². The van der Waals surface area contributed by atoms with Crippen LogP contribution in [-0.4, -0.2) is 28.8 Å². The Hall–Kier alpha value is -0.940. The molecule has 0 aromatic carbocycles. The van der Waals surface area contributed by atoms with Crippen LogP contribution < -0.4 is 5.32 Å². The summed E-state index contributed by atoms with van der Waals surface area (Å²) in [4.78, 5) is 4.38. The van der Waals surface area contributed by atoms with Gasteiger partial charge in [-0.05, 0) is 41.5 Å². The lowest BCUT2D eigenvalue weighted by Gasteiger charge is -2.20. The van der Waals surface area contributed by atoms with Gasteiger partial charge in [-0.15, -0.1) is 0 Å². The molecular weight excluding hydrogens is 230 g/mol. The number of hydrogen-bond acceptors (Lipinski definition) is 5. The van der Waals surface area contributed by atoms with Crippen LogP contribution in [-0.2, 0) is 16.8 Å². The first-order valence-electron chi connectivity index (χ1n) is 6.46. The molecule has 18 heavy (non-hydrogen) atoms. The maximum atomic E-state index is 5.59. The molecule has 0 spiro atoms. The summed E-state index contributed by atoms with van der Waals surface area (Å²) < 4.78 is 10.8. The van der Waals surface area contributed by atoms with Crippen molar-refractivity contribution >= 4 is 0 Å².